The molecule has 5 rings (SSSR count). The summed E-state index contributed by atoms with van der Waals surface area (Å²) in [7, 11) is 1.68. The SMILES string of the molecule is COc1ccc2c(c1)CCN(Cc1csc(NC(=O)c3cc4ccccc4oc3=O)n1)C2. The van der Waals surface area contributed by atoms with Crippen LogP contribution in [0.5, 0.6) is 5.75 Å². The largest absolute Gasteiger partial charge is 0.497 e. The number of methoxy groups -OCH3 is 1. The molecule has 1 aliphatic rings. The number of anilines is 1. The molecule has 1 N–H and O–H groups in total. The molecule has 0 aliphatic carbocycles. The lowest BCUT2D eigenvalue weighted by atomic mass is 9.99. The van der Waals surface area contributed by atoms with Gasteiger partial charge in [-0.05, 0) is 41.8 Å². The molecule has 1 aliphatic heterocycles. The average Bonchev–Trinajstić information content (AvgIpc) is 3.24. The van der Waals surface area contributed by atoms with Crippen LogP contribution in [0.15, 0.2) is 63.1 Å². The van der Waals surface area contributed by atoms with Crippen LogP contribution in [-0.2, 0) is 19.5 Å². The van der Waals surface area contributed by atoms with Crippen molar-refractivity contribution in [2.24, 2.45) is 0 Å². The fourth-order valence-corrected chi connectivity index (χ4v) is 4.60. The monoisotopic (exact) mass is 447 g/mol. The van der Waals surface area contributed by atoms with Gasteiger partial charge in [0.25, 0.3) is 5.91 Å². The number of ether oxygens (including phenoxy) is 1. The number of para-hydroxylation sites is 1. The highest BCUT2D eigenvalue weighted by Gasteiger charge is 2.19. The van der Waals surface area contributed by atoms with Gasteiger partial charge >= 0.3 is 5.63 Å². The van der Waals surface area contributed by atoms with Crippen molar-refractivity contribution in [2.45, 2.75) is 19.5 Å². The number of benzene rings is 2. The molecule has 0 bridgehead atoms. The van der Waals surface area contributed by atoms with E-state index in [4.69, 9.17) is 9.15 Å². The quantitative estimate of drug-likeness (QED) is 0.464. The van der Waals surface area contributed by atoms with E-state index in [1.165, 1.54) is 22.5 Å². The van der Waals surface area contributed by atoms with Gasteiger partial charge in [-0.2, -0.15) is 0 Å². The van der Waals surface area contributed by atoms with Crippen LogP contribution < -0.4 is 15.7 Å². The van der Waals surface area contributed by atoms with E-state index in [1.54, 1.807) is 31.4 Å². The lowest BCUT2D eigenvalue weighted by Gasteiger charge is -2.28. The number of rotatable bonds is 5. The number of nitrogens with zero attached hydrogens (tertiary/aromatic N) is 2. The van der Waals surface area contributed by atoms with Crippen LogP contribution in [0.2, 0.25) is 0 Å². The first-order chi connectivity index (χ1) is 15.6. The third-order valence-corrected chi connectivity index (χ3v) is 6.36. The zero-order chi connectivity index (χ0) is 22.1. The van der Waals surface area contributed by atoms with Gasteiger partial charge in [-0.25, -0.2) is 9.78 Å². The van der Waals surface area contributed by atoms with Crippen LogP contribution in [0.1, 0.15) is 27.2 Å². The number of nitrogens with one attached hydrogen (secondary N) is 1. The number of hydrogen-bond acceptors (Lipinski definition) is 7. The van der Waals surface area contributed by atoms with Crippen molar-refractivity contribution in [3.05, 3.63) is 86.7 Å². The second-order valence-electron chi connectivity index (χ2n) is 7.68. The number of carbonyl (C=O) groups is 1. The molecular weight excluding hydrogens is 426 g/mol. The number of fused-ring (bicyclic) bond motifs is 2. The Morgan fingerprint density at radius 1 is 1.22 bits per heavy atom. The lowest BCUT2D eigenvalue weighted by molar-refractivity contribution is 0.102. The predicted molar refractivity (Wildman–Crippen MR) is 123 cm³/mol. The van der Waals surface area contributed by atoms with Gasteiger partial charge in [-0.15, -0.1) is 11.3 Å². The molecule has 0 spiro atoms. The zero-order valence-corrected chi connectivity index (χ0v) is 18.3. The van der Waals surface area contributed by atoms with Crippen LogP contribution in [0.4, 0.5) is 5.13 Å². The number of thiazole rings is 1. The molecule has 8 heteroatoms. The van der Waals surface area contributed by atoms with E-state index in [0.717, 1.165) is 31.0 Å². The highest BCUT2D eigenvalue weighted by atomic mass is 32.1. The minimum Gasteiger partial charge on any atom is -0.497 e. The van der Waals surface area contributed by atoms with E-state index in [2.05, 4.69) is 27.3 Å². The summed E-state index contributed by atoms with van der Waals surface area (Å²) >= 11 is 1.34. The maximum Gasteiger partial charge on any atom is 0.349 e. The van der Waals surface area contributed by atoms with Gasteiger partial charge in [0.2, 0.25) is 0 Å². The Labute approximate surface area is 188 Å². The molecule has 32 heavy (non-hydrogen) atoms. The van der Waals surface area contributed by atoms with Crippen molar-refractivity contribution in [3.63, 3.8) is 0 Å². The smallest absolute Gasteiger partial charge is 0.349 e. The third kappa shape index (κ3) is 4.15. The maximum absolute atomic E-state index is 12.6. The van der Waals surface area contributed by atoms with Crippen LogP contribution >= 0.6 is 11.3 Å². The van der Waals surface area contributed by atoms with Crippen molar-refractivity contribution in [1.29, 1.82) is 0 Å². The molecule has 0 atom stereocenters. The second-order valence-corrected chi connectivity index (χ2v) is 8.54. The van der Waals surface area contributed by atoms with Gasteiger partial charge < -0.3 is 9.15 Å². The summed E-state index contributed by atoms with van der Waals surface area (Å²) in [4.78, 5) is 31.7. The molecule has 0 saturated carbocycles. The molecule has 0 unspecified atom stereocenters. The van der Waals surface area contributed by atoms with E-state index in [9.17, 15) is 9.59 Å². The standard InChI is InChI=1S/C24H21N3O4S/c1-30-19-7-6-17-12-27(9-8-15(17)10-19)13-18-14-32-24(25-18)26-22(28)20-11-16-4-2-3-5-21(16)31-23(20)29/h2-7,10-11,14H,8-9,12-13H2,1H3,(H,25,26,28). The molecule has 0 radical (unpaired) electrons. The van der Waals surface area contributed by atoms with E-state index >= 15 is 0 Å². The minimum absolute atomic E-state index is 0.0384. The van der Waals surface area contributed by atoms with Crippen molar-refractivity contribution < 1.29 is 13.9 Å². The van der Waals surface area contributed by atoms with Gasteiger partial charge in [0.1, 0.15) is 16.9 Å². The van der Waals surface area contributed by atoms with Gasteiger partial charge in [0.15, 0.2) is 5.13 Å². The van der Waals surface area contributed by atoms with Gasteiger partial charge in [0, 0.05) is 30.4 Å². The van der Waals surface area contributed by atoms with E-state index in [0.29, 0.717) is 22.6 Å². The fourth-order valence-electron chi connectivity index (χ4n) is 3.90. The summed E-state index contributed by atoms with van der Waals surface area (Å²) in [6.45, 7) is 2.46. The molecule has 162 valence electrons. The Morgan fingerprint density at radius 3 is 2.97 bits per heavy atom. The third-order valence-electron chi connectivity index (χ3n) is 5.55. The van der Waals surface area contributed by atoms with E-state index < -0.39 is 11.5 Å². The summed E-state index contributed by atoms with van der Waals surface area (Å²) in [6, 6.07) is 14.8. The topological polar surface area (TPSA) is 84.7 Å². The molecule has 2 aromatic carbocycles. The summed E-state index contributed by atoms with van der Waals surface area (Å²) in [6.07, 6.45) is 0.956. The van der Waals surface area contributed by atoms with Crippen molar-refractivity contribution in [1.82, 2.24) is 9.88 Å². The van der Waals surface area contributed by atoms with Crippen LogP contribution in [0.3, 0.4) is 0 Å². The second kappa shape index (κ2) is 8.57. The Bertz CT molecular complexity index is 1360. The first-order valence-corrected chi connectivity index (χ1v) is 11.1. The highest BCUT2D eigenvalue weighted by Crippen LogP contribution is 2.25. The maximum atomic E-state index is 12.6. The van der Waals surface area contributed by atoms with Gasteiger partial charge in [-0.3, -0.25) is 15.0 Å². The molecule has 7 nitrogen and oxygen atoms in total. The van der Waals surface area contributed by atoms with Crippen LogP contribution in [0, 0.1) is 0 Å². The summed E-state index contributed by atoms with van der Waals surface area (Å²) < 4.78 is 10.6. The first-order valence-electron chi connectivity index (χ1n) is 10.3. The molecule has 4 aromatic rings. The zero-order valence-electron chi connectivity index (χ0n) is 17.5. The average molecular weight is 448 g/mol. The normalized spacial score (nSPS) is 13.7. The Balaban J connectivity index is 1.26. The van der Waals surface area contributed by atoms with Crippen LogP contribution in [-0.4, -0.2) is 29.4 Å². The summed E-state index contributed by atoms with van der Waals surface area (Å²) in [5.41, 5.74) is 3.25. The molecule has 0 saturated heterocycles. The summed E-state index contributed by atoms with van der Waals surface area (Å²) in [5, 5.41) is 5.81. The minimum atomic E-state index is -0.665. The first kappa shape index (κ1) is 20.4. The predicted octanol–water partition coefficient (Wildman–Crippen LogP) is 4.07. The van der Waals surface area contributed by atoms with Gasteiger partial charge in [0.05, 0.1) is 12.8 Å². The van der Waals surface area contributed by atoms with Crippen LogP contribution in [0.25, 0.3) is 11.0 Å². The Kier molecular flexibility index (Phi) is 5.46. The van der Waals surface area contributed by atoms with Crippen molar-refractivity contribution >= 4 is 33.3 Å². The summed E-state index contributed by atoms with van der Waals surface area (Å²) in [5.74, 6) is 0.365. The van der Waals surface area contributed by atoms with Gasteiger partial charge in [-0.1, -0.05) is 24.3 Å². The number of aromatic nitrogens is 1. The van der Waals surface area contributed by atoms with Crippen molar-refractivity contribution in [2.75, 3.05) is 19.0 Å². The number of carbonyl (C=O) groups excluding carboxylic acids is 1. The van der Waals surface area contributed by atoms with Crippen molar-refractivity contribution in [3.8, 4) is 5.75 Å². The Hall–Kier alpha value is -3.49. The lowest BCUT2D eigenvalue weighted by Crippen LogP contribution is -2.30. The highest BCUT2D eigenvalue weighted by molar-refractivity contribution is 7.14. The Morgan fingerprint density at radius 2 is 2.09 bits per heavy atom. The molecule has 0 fully saturated rings. The molecule has 3 heterocycles. The molecule has 1 amide bonds. The molecule has 2 aromatic heterocycles. The van der Waals surface area contributed by atoms with E-state index in [1.807, 2.05) is 17.5 Å². The number of amides is 1. The molecular formula is C24H21N3O4S. The number of hydrogen-bond donors (Lipinski definition) is 1. The van der Waals surface area contributed by atoms with E-state index in [-0.39, 0.29) is 5.56 Å². The fraction of sp³-hybridized carbons (Fsp3) is 0.208.